The van der Waals surface area contributed by atoms with E-state index in [2.05, 4.69) is 45.1 Å². The zero-order chi connectivity index (χ0) is 41.5. The Bertz CT molecular complexity index is 927. The number of rotatable bonds is 45. The minimum Gasteiger partial charge on any atom is -0.462 e. The summed E-state index contributed by atoms with van der Waals surface area (Å²) in [7, 11) is 0. The monoisotopic (exact) mass is 803 g/mol. The van der Waals surface area contributed by atoms with Crippen molar-refractivity contribution in [1.29, 1.82) is 0 Å². The molecule has 1 unspecified atom stereocenters. The molecular formula is C51H94O6. The average Bonchev–Trinajstić information content (AvgIpc) is 3.21. The molecule has 0 heterocycles. The highest BCUT2D eigenvalue weighted by Gasteiger charge is 2.19. The summed E-state index contributed by atoms with van der Waals surface area (Å²) in [5.74, 6) is -0.866. The molecule has 0 aliphatic rings. The van der Waals surface area contributed by atoms with Gasteiger partial charge < -0.3 is 14.2 Å². The van der Waals surface area contributed by atoms with Gasteiger partial charge in [0.15, 0.2) is 6.10 Å². The van der Waals surface area contributed by atoms with Crippen molar-refractivity contribution in [1.82, 2.24) is 0 Å². The average molecular weight is 803 g/mol. The standard InChI is InChI=1S/C51H94O6/c1-4-7-10-13-16-19-21-22-23-24-25-26-27-28-30-32-35-38-41-44-50(53)56-47-48(46-55-49(52)43-40-37-34-31-18-15-12-9-6-3)57-51(54)45-42-39-36-33-29-20-17-14-11-8-5-2/h16,19,22-23,48H,4-15,17-18,20-21,24-47H2,1-3H3/b19-16-,23-22-. The van der Waals surface area contributed by atoms with Crippen LogP contribution in [-0.4, -0.2) is 37.2 Å². The molecule has 1 atom stereocenters. The van der Waals surface area contributed by atoms with Crippen molar-refractivity contribution in [3.63, 3.8) is 0 Å². The molecule has 57 heavy (non-hydrogen) atoms. The molecule has 334 valence electrons. The van der Waals surface area contributed by atoms with Crippen LogP contribution in [0.4, 0.5) is 0 Å². The quantitative estimate of drug-likeness (QED) is 0.0264. The van der Waals surface area contributed by atoms with Crippen molar-refractivity contribution in [2.24, 2.45) is 0 Å². The molecule has 0 aromatic carbocycles. The Morgan fingerprint density at radius 1 is 0.351 bits per heavy atom. The largest absolute Gasteiger partial charge is 0.462 e. The summed E-state index contributed by atoms with van der Waals surface area (Å²) in [6, 6.07) is 0. The molecule has 0 bridgehead atoms. The van der Waals surface area contributed by atoms with E-state index in [1.807, 2.05) is 0 Å². The maximum absolute atomic E-state index is 12.7. The molecule has 0 spiro atoms. The second kappa shape index (κ2) is 46.6. The van der Waals surface area contributed by atoms with Crippen molar-refractivity contribution in [3.05, 3.63) is 24.3 Å². The summed E-state index contributed by atoms with van der Waals surface area (Å²) >= 11 is 0. The zero-order valence-corrected chi connectivity index (χ0v) is 38.1. The van der Waals surface area contributed by atoms with E-state index in [0.29, 0.717) is 19.3 Å². The number of allylic oxidation sites excluding steroid dienone is 4. The Morgan fingerprint density at radius 2 is 0.632 bits per heavy atom. The first kappa shape index (κ1) is 54.9. The van der Waals surface area contributed by atoms with E-state index in [1.165, 1.54) is 161 Å². The Morgan fingerprint density at radius 3 is 1.00 bits per heavy atom. The molecular weight excluding hydrogens is 709 g/mol. The predicted molar refractivity (Wildman–Crippen MR) is 243 cm³/mol. The van der Waals surface area contributed by atoms with E-state index >= 15 is 0 Å². The van der Waals surface area contributed by atoms with Crippen molar-refractivity contribution in [3.8, 4) is 0 Å². The number of hydrogen-bond donors (Lipinski definition) is 0. The molecule has 6 heteroatoms. The Kier molecular flexibility index (Phi) is 44.9. The van der Waals surface area contributed by atoms with Gasteiger partial charge in [-0.05, 0) is 51.4 Å². The molecule has 0 rings (SSSR count). The predicted octanol–water partition coefficient (Wildman–Crippen LogP) is 16.0. The summed E-state index contributed by atoms with van der Waals surface area (Å²) in [5, 5.41) is 0. The molecule has 0 aliphatic heterocycles. The fourth-order valence-corrected chi connectivity index (χ4v) is 7.18. The normalized spacial score (nSPS) is 12.1. The van der Waals surface area contributed by atoms with Crippen LogP contribution in [0.25, 0.3) is 0 Å². The van der Waals surface area contributed by atoms with E-state index in [-0.39, 0.29) is 31.1 Å². The first-order valence-electron chi connectivity index (χ1n) is 24.8. The third-order valence-corrected chi connectivity index (χ3v) is 11.0. The summed E-state index contributed by atoms with van der Waals surface area (Å²) < 4.78 is 16.7. The highest BCUT2D eigenvalue weighted by molar-refractivity contribution is 5.71. The second-order valence-corrected chi connectivity index (χ2v) is 16.7. The van der Waals surface area contributed by atoms with Gasteiger partial charge in [0, 0.05) is 19.3 Å². The summed E-state index contributed by atoms with van der Waals surface area (Å²) in [6.45, 7) is 6.60. The van der Waals surface area contributed by atoms with E-state index in [1.54, 1.807) is 0 Å². The van der Waals surface area contributed by atoms with Gasteiger partial charge in [-0.25, -0.2) is 0 Å². The van der Waals surface area contributed by atoms with Crippen LogP contribution in [0, 0.1) is 0 Å². The van der Waals surface area contributed by atoms with E-state index < -0.39 is 6.10 Å². The maximum atomic E-state index is 12.7. The van der Waals surface area contributed by atoms with Gasteiger partial charge in [-0.1, -0.05) is 218 Å². The molecule has 0 saturated heterocycles. The molecule has 0 aromatic rings. The highest BCUT2D eigenvalue weighted by Crippen LogP contribution is 2.15. The van der Waals surface area contributed by atoms with Gasteiger partial charge in [0.2, 0.25) is 0 Å². The van der Waals surface area contributed by atoms with Crippen LogP contribution in [0.15, 0.2) is 24.3 Å². The number of carbonyl (C=O) groups is 3. The van der Waals surface area contributed by atoms with Crippen molar-refractivity contribution in [2.45, 2.75) is 271 Å². The van der Waals surface area contributed by atoms with Crippen LogP contribution in [0.2, 0.25) is 0 Å². The summed E-state index contributed by atoms with van der Waals surface area (Å²) in [5.41, 5.74) is 0. The van der Waals surface area contributed by atoms with E-state index in [9.17, 15) is 14.4 Å². The van der Waals surface area contributed by atoms with Gasteiger partial charge in [0.05, 0.1) is 0 Å². The zero-order valence-electron chi connectivity index (χ0n) is 38.1. The van der Waals surface area contributed by atoms with Gasteiger partial charge in [-0.15, -0.1) is 0 Å². The van der Waals surface area contributed by atoms with Gasteiger partial charge in [0.1, 0.15) is 13.2 Å². The molecule has 6 nitrogen and oxygen atoms in total. The molecule has 0 aliphatic carbocycles. The van der Waals surface area contributed by atoms with Crippen LogP contribution in [0.5, 0.6) is 0 Å². The molecule has 0 saturated carbocycles. The van der Waals surface area contributed by atoms with Crippen LogP contribution in [-0.2, 0) is 28.6 Å². The van der Waals surface area contributed by atoms with E-state index in [4.69, 9.17) is 14.2 Å². The number of esters is 3. The number of carbonyl (C=O) groups excluding carboxylic acids is 3. The first-order valence-corrected chi connectivity index (χ1v) is 24.8. The Balaban J connectivity index is 4.25. The van der Waals surface area contributed by atoms with Crippen molar-refractivity contribution >= 4 is 17.9 Å². The van der Waals surface area contributed by atoms with Crippen LogP contribution >= 0.6 is 0 Å². The lowest BCUT2D eigenvalue weighted by molar-refractivity contribution is -0.167. The first-order chi connectivity index (χ1) is 28.0. The molecule has 0 fully saturated rings. The van der Waals surface area contributed by atoms with Gasteiger partial charge >= 0.3 is 17.9 Å². The third-order valence-electron chi connectivity index (χ3n) is 11.0. The van der Waals surface area contributed by atoms with Gasteiger partial charge in [-0.2, -0.15) is 0 Å². The lowest BCUT2D eigenvalue weighted by atomic mass is 10.1. The fraction of sp³-hybridized carbons (Fsp3) is 0.863. The minimum atomic E-state index is -0.764. The molecule has 0 aromatic heterocycles. The van der Waals surface area contributed by atoms with Crippen LogP contribution in [0.1, 0.15) is 265 Å². The fourth-order valence-electron chi connectivity index (χ4n) is 7.18. The summed E-state index contributed by atoms with van der Waals surface area (Å²) in [4.78, 5) is 37.8. The Hall–Kier alpha value is -2.11. The minimum absolute atomic E-state index is 0.0684. The molecule has 0 N–H and O–H groups in total. The third kappa shape index (κ3) is 44.8. The highest BCUT2D eigenvalue weighted by atomic mass is 16.6. The van der Waals surface area contributed by atoms with Gasteiger partial charge in [-0.3, -0.25) is 14.4 Å². The van der Waals surface area contributed by atoms with Crippen molar-refractivity contribution < 1.29 is 28.6 Å². The Labute approximate surface area is 353 Å². The maximum Gasteiger partial charge on any atom is 0.306 e. The van der Waals surface area contributed by atoms with Gasteiger partial charge in [0.25, 0.3) is 0 Å². The topological polar surface area (TPSA) is 78.9 Å². The molecule has 0 radical (unpaired) electrons. The second-order valence-electron chi connectivity index (χ2n) is 16.7. The number of hydrogen-bond acceptors (Lipinski definition) is 6. The SMILES string of the molecule is CCCCC/C=C\C/C=C\CCCCCCCCCCCC(=O)OCC(COC(=O)CCCCCCCCCCC)OC(=O)CCCCCCCCCCCCC. The smallest absolute Gasteiger partial charge is 0.306 e. The van der Waals surface area contributed by atoms with Crippen LogP contribution < -0.4 is 0 Å². The van der Waals surface area contributed by atoms with Crippen molar-refractivity contribution in [2.75, 3.05) is 13.2 Å². The lowest BCUT2D eigenvalue weighted by Crippen LogP contribution is -2.30. The number of unbranched alkanes of at least 4 members (excludes halogenated alkanes) is 30. The van der Waals surface area contributed by atoms with E-state index in [0.717, 1.165) is 64.2 Å². The lowest BCUT2D eigenvalue weighted by Gasteiger charge is -2.18. The molecule has 0 amide bonds. The number of ether oxygens (including phenoxy) is 3. The summed E-state index contributed by atoms with van der Waals surface area (Å²) in [6.07, 6.45) is 51.6. The van der Waals surface area contributed by atoms with Crippen LogP contribution in [0.3, 0.4) is 0 Å².